The summed E-state index contributed by atoms with van der Waals surface area (Å²) in [4.78, 5) is 12.2. The van der Waals surface area contributed by atoms with Crippen LogP contribution in [0.15, 0.2) is 36.4 Å². The molecule has 0 saturated carbocycles. The van der Waals surface area contributed by atoms with E-state index in [1.54, 1.807) is 37.3 Å². The van der Waals surface area contributed by atoms with Crippen molar-refractivity contribution in [2.45, 2.75) is 20.0 Å². The van der Waals surface area contributed by atoms with Crippen LogP contribution in [0.5, 0.6) is 5.75 Å². The van der Waals surface area contributed by atoms with Crippen LogP contribution in [0.4, 0.5) is 5.69 Å². The van der Waals surface area contributed by atoms with Crippen molar-refractivity contribution in [3.8, 4) is 5.75 Å². The van der Waals surface area contributed by atoms with Gasteiger partial charge in [-0.15, -0.1) is 0 Å². The Morgan fingerprint density at radius 3 is 2.41 bits per heavy atom. The Morgan fingerprint density at radius 2 is 1.73 bits per heavy atom. The molecule has 0 aliphatic rings. The minimum absolute atomic E-state index is 0.295. The van der Waals surface area contributed by atoms with Crippen LogP contribution in [0, 0.1) is 6.92 Å². The third-order valence-electron chi connectivity index (χ3n) is 3.02. The first-order valence-corrected chi connectivity index (χ1v) is 7.69. The Bertz CT molecular complexity index is 704. The number of ether oxygens (including phenoxy) is 1. The number of amides is 1. The molecule has 0 fully saturated rings. The molecule has 1 amide bonds. The lowest BCUT2D eigenvalue weighted by atomic mass is 10.2. The molecule has 0 bridgehead atoms. The number of nitrogens with one attached hydrogen (secondary N) is 1. The number of halogens is 3. The molecule has 0 radical (unpaired) electrons. The first-order valence-electron chi connectivity index (χ1n) is 6.55. The summed E-state index contributed by atoms with van der Waals surface area (Å²) < 4.78 is 5.57. The molecule has 1 unspecified atom stereocenters. The van der Waals surface area contributed by atoms with Crippen molar-refractivity contribution in [1.29, 1.82) is 0 Å². The number of aryl methyl sites for hydroxylation is 1. The van der Waals surface area contributed by atoms with E-state index in [-0.39, 0.29) is 5.91 Å². The normalized spacial score (nSPS) is 11.9. The first kappa shape index (κ1) is 16.9. The van der Waals surface area contributed by atoms with Gasteiger partial charge < -0.3 is 10.1 Å². The van der Waals surface area contributed by atoms with E-state index in [0.717, 1.165) is 5.56 Å². The smallest absolute Gasteiger partial charge is 0.265 e. The molecule has 0 heterocycles. The van der Waals surface area contributed by atoms with Crippen LogP contribution < -0.4 is 10.1 Å². The fourth-order valence-corrected chi connectivity index (χ4v) is 2.40. The van der Waals surface area contributed by atoms with E-state index in [1.165, 1.54) is 0 Å². The summed E-state index contributed by atoms with van der Waals surface area (Å²) in [6.07, 6.45) is -0.725. The van der Waals surface area contributed by atoms with E-state index in [2.05, 4.69) is 5.32 Å². The molecule has 2 aromatic carbocycles. The van der Waals surface area contributed by atoms with Crippen LogP contribution in [0.1, 0.15) is 12.5 Å². The molecule has 0 aliphatic heterocycles. The van der Waals surface area contributed by atoms with Gasteiger partial charge in [-0.1, -0.05) is 40.9 Å². The molecule has 0 saturated heterocycles. The van der Waals surface area contributed by atoms with Gasteiger partial charge in [-0.2, -0.15) is 0 Å². The van der Waals surface area contributed by atoms with Crippen LogP contribution in [0.2, 0.25) is 15.1 Å². The summed E-state index contributed by atoms with van der Waals surface area (Å²) in [5.41, 5.74) is 1.56. The molecular weight excluding hydrogens is 345 g/mol. The van der Waals surface area contributed by atoms with Crippen molar-refractivity contribution < 1.29 is 9.53 Å². The zero-order chi connectivity index (χ0) is 16.3. The van der Waals surface area contributed by atoms with Crippen molar-refractivity contribution in [1.82, 2.24) is 0 Å². The Balaban J connectivity index is 2.07. The van der Waals surface area contributed by atoms with Gasteiger partial charge in [0.1, 0.15) is 5.75 Å². The average molecular weight is 359 g/mol. The minimum atomic E-state index is -0.725. The lowest BCUT2D eigenvalue weighted by molar-refractivity contribution is -0.122. The zero-order valence-corrected chi connectivity index (χ0v) is 14.3. The summed E-state index contributed by atoms with van der Waals surface area (Å²) in [5.74, 6) is 0.105. The van der Waals surface area contributed by atoms with Crippen molar-refractivity contribution in [2.24, 2.45) is 0 Å². The van der Waals surface area contributed by atoms with Crippen molar-refractivity contribution in [3.63, 3.8) is 0 Å². The maximum Gasteiger partial charge on any atom is 0.265 e. The molecule has 2 aromatic rings. The monoisotopic (exact) mass is 357 g/mol. The van der Waals surface area contributed by atoms with Gasteiger partial charge in [0.05, 0.1) is 5.02 Å². The standard InChI is InChI=1S/C16H14Cl3NO2/c1-9-3-4-12(18)8-14(9)20-16(21)10(2)22-15-6-5-11(17)7-13(15)19/h3-8,10H,1-2H3,(H,20,21). The molecule has 0 aliphatic carbocycles. The number of rotatable bonds is 4. The van der Waals surface area contributed by atoms with Crippen LogP contribution in [0.3, 0.4) is 0 Å². The highest BCUT2D eigenvalue weighted by atomic mass is 35.5. The summed E-state index contributed by atoms with van der Waals surface area (Å²) >= 11 is 17.8. The first-order chi connectivity index (χ1) is 10.4. The number of carbonyl (C=O) groups is 1. The van der Waals surface area contributed by atoms with Crippen LogP contribution in [-0.2, 0) is 4.79 Å². The van der Waals surface area contributed by atoms with Gasteiger partial charge >= 0.3 is 0 Å². The molecule has 3 nitrogen and oxygen atoms in total. The predicted octanol–water partition coefficient (Wildman–Crippen LogP) is 5.36. The summed E-state index contributed by atoms with van der Waals surface area (Å²) in [6.45, 7) is 3.52. The van der Waals surface area contributed by atoms with E-state index in [1.807, 2.05) is 13.0 Å². The Labute approximate surface area is 144 Å². The lowest BCUT2D eigenvalue weighted by Gasteiger charge is -2.16. The second kappa shape index (κ2) is 7.23. The number of anilines is 1. The highest BCUT2D eigenvalue weighted by Gasteiger charge is 2.17. The molecule has 6 heteroatoms. The lowest BCUT2D eigenvalue weighted by Crippen LogP contribution is -2.30. The van der Waals surface area contributed by atoms with Crippen molar-refractivity contribution in [2.75, 3.05) is 5.32 Å². The molecule has 0 spiro atoms. The Morgan fingerprint density at radius 1 is 1.09 bits per heavy atom. The highest BCUT2D eigenvalue weighted by Crippen LogP contribution is 2.28. The average Bonchev–Trinajstić information content (AvgIpc) is 2.45. The van der Waals surface area contributed by atoms with Gasteiger partial charge in [-0.25, -0.2) is 0 Å². The molecule has 0 aromatic heterocycles. The number of hydrogen-bond donors (Lipinski definition) is 1. The van der Waals surface area contributed by atoms with Gasteiger partial charge in [-0.3, -0.25) is 4.79 Å². The van der Waals surface area contributed by atoms with Crippen LogP contribution in [-0.4, -0.2) is 12.0 Å². The largest absolute Gasteiger partial charge is 0.479 e. The topological polar surface area (TPSA) is 38.3 Å². The number of carbonyl (C=O) groups excluding carboxylic acids is 1. The summed E-state index contributed by atoms with van der Waals surface area (Å²) in [7, 11) is 0. The Hall–Kier alpha value is -1.42. The fraction of sp³-hybridized carbons (Fsp3) is 0.188. The van der Waals surface area contributed by atoms with E-state index in [9.17, 15) is 4.79 Å². The second-order valence-electron chi connectivity index (χ2n) is 4.78. The molecule has 22 heavy (non-hydrogen) atoms. The summed E-state index contributed by atoms with van der Waals surface area (Å²) in [6, 6.07) is 10.1. The SMILES string of the molecule is Cc1ccc(Cl)cc1NC(=O)C(C)Oc1ccc(Cl)cc1Cl. The number of benzene rings is 2. The van der Waals surface area contributed by atoms with E-state index >= 15 is 0 Å². The maximum atomic E-state index is 12.2. The third-order valence-corrected chi connectivity index (χ3v) is 3.79. The van der Waals surface area contributed by atoms with Crippen molar-refractivity contribution >= 4 is 46.4 Å². The van der Waals surface area contributed by atoms with Crippen LogP contribution >= 0.6 is 34.8 Å². The van der Waals surface area contributed by atoms with E-state index in [4.69, 9.17) is 39.5 Å². The van der Waals surface area contributed by atoms with E-state index < -0.39 is 6.10 Å². The predicted molar refractivity (Wildman–Crippen MR) is 91.4 cm³/mol. The van der Waals surface area contributed by atoms with Crippen LogP contribution in [0.25, 0.3) is 0 Å². The van der Waals surface area contributed by atoms with Gasteiger partial charge in [0, 0.05) is 15.7 Å². The number of hydrogen-bond acceptors (Lipinski definition) is 2. The van der Waals surface area contributed by atoms with Gasteiger partial charge in [-0.05, 0) is 49.7 Å². The quantitative estimate of drug-likeness (QED) is 0.799. The van der Waals surface area contributed by atoms with E-state index in [0.29, 0.717) is 26.5 Å². The van der Waals surface area contributed by atoms with Crippen molar-refractivity contribution in [3.05, 3.63) is 57.0 Å². The molecule has 1 N–H and O–H groups in total. The van der Waals surface area contributed by atoms with Gasteiger partial charge in [0.2, 0.25) is 0 Å². The minimum Gasteiger partial charge on any atom is -0.479 e. The van der Waals surface area contributed by atoms with Gasteiger partial charge in [0.15, 0.2) is 6.10 Å². The molecular formula is C16H14Cl3NO2. The highest BCUT2D eigenvalue weighted by molar-refractivity contribution is 6.35. The molecule has 116 valence electrons. The third kappa shape index (κ3) is 4.29. The second-order valence-corrected chi connectivity index (χ2v) is 6.06. The maximum absolute atomic E-state index is 12.2. The molecule has 1 atom stereocenters. The molecule has 2 rings (SSSR count). The fourth-order valence-electron chi connectivity index (χ4n) is 1.78. The van der Waals surface area contributed by atoms with Gasteiger partial charge in [0.25, 0.3) is 5.91 Å². The summed E-state index contributed by atoms with van der Waals surface area (Å²) in [5, 5.41) is 4.19. The zero-order valence-electron chi connectivity index (χ0n) is 12.0. The Kier molecular flexibility index (Phi) is 5.57.